The zero-order chi connectivity index (χ0) is 11.8. The van der Waals surface area contributed by atoms with Crippen molar-refractivity contribution in [2.45, 2.75) is 18.8 Å². The van der Waals surface area contributed by atoms with E-state index >= 15 is 0 Å². The molecule has 1 aromatic heterocycles. The lowest BCUT2D eigenvalue weighted by molar-refractivity contribution is -0.138. The zero-order valence-corrected chi connectivity index (χ0v) is 9.21. The third kappa shape index (κ3) is 1.62. The van der Waals surface area contributed by atoms with Crippen molar-refractivity contribution in [3.05, 3.63) is 47.8 Å². The third-order valence-corrected chi connectivity index (χ3v) is 3.27. The first-order valence-electron chi connectivity index (χ1n) is 5.61. The Morgan fingerprint density at radius 1 is 1.47 bits per heavy atom. The molecule has 1 N–H and O–H groups in total. The molecule has 1 aliphatic rings. The fourth-order valence-corrected chi connectivity index (χ4v) is 2.42. The molecule has 0 fully saturated rings. The first-order valence-corrected chi connectivity index (χ1v) is 5.61. The van der Waals surface area contributed by atoms with Gasteiger partial charge in [0.2, 0.25) is 0 Å². The van der Waals surface area contributed by atoms with Crippen molar-refractivity contribution in [2.75, 3.05) is 0 Å². The van der Waals surface area contributed by atoms with Crippen molar-refractivity contribution in [1.82, 2.24) is 9.78 Å². The fourth-order valence-electron chi connectivity index (χ4n) is 2.42. The van der Waals surface area contributed by atoms with Gasteiger partial charge in [0.05, 0.1) is 11.6 Å². The normalized spacial score (nSPS) is 18.0. The largest absolute Gasteiger partial charge is 0.481 e. The molecule has 4 nitrogen and oxygen atoms in total. The molecule has 1 aromatic carbocycles. The summed E-state index contributed by atoms with van der Waals surface area (Å²) in [5, 5.41) is 13.3. The second-order valence-electron chi connectivity index (χ2n) is 4.26. The molecule has 0 spiro atoms. The lowest BCUT2D eigenvalue weighted by atomic mass is 10.0. The summed E-state index contributed by atoms with van der Waals surface area (Å²) in [6.45, 7) is 0. The van der Waals surface area contributed by atoms with Gasteiger partial charge in [-0.2, -0.15) is 5.10 Å². The molecule has 1 aliphatic carbocycles. The molecule has 2 aromatic rings. The molecule has 0 saturated heterocycles. The lowest BCUT2D eigenvalue weighted by Crippen LogP contribution is -2.07. The molecule has 1 heterocycles. The highest BCUT2D eigenvalue weighted by atomic mass is 16.4. The number of aryl methyl sites for hydroxylation is 1. The van der Waals surface area contributed by atoms with Crippen LogP contribution in [0.15, 0.2) is 36.7 Å². The number of hydrogen-bond acceptors (Lipinski definition) is 2. The first-order chi connectivity index (χ1) is 8.25. The van der Waals surface area contributed by atoms with Gasteiger partial charge in [0, 0.05) is 12.4 Å². The van der Waals surface area contributed by atoms with Crippen LogP contribution < -0.4 is 0 Å². The highest BCUT2D eigenvalue weighted by molar-refractivity contribution is 5.78. The third-order valence-electron chi connectivity index (χ3n) is 3.27. The van der Waals surface area contributed by atoms with Gasteiger partial charge in [0.1, 0.15) is 0 Å². The lowest BCUT2D eigenvalue weighted by Gasteiger charge is -2.07. The standard InChI is InChI=1S/C13H12N2O2/c16-13(17)12-4-2-9-8-10(3-5-11(9)12)15-7-1-6-14-15/h1,3,5-8,12H,2,4H2,(H,16,17). The molecule has 17 heavy (non-hydrogen) atoms. The van der Waals surface area contributed by atoms with Gasteiger partial charge < -0.3 is 5.11 Å². The fraction of sp³-hybridized carbons (Fsp3) is 0.231. The molecule has 86 valence electrons. The highest BCUT2D eigenvalue weighted by Gasteiger charge is 2.28. The number of carboxylic acid groups (broad SMARTS) is 1. The Balaban J connectivity index is 2.02. The summed E-state index contributed by atoms with van der Waals surface area (Å²) in [6, 6.07) is 7.74. The van der Waals surface area contributed by atoms with E-state index < -0.39 is 5.97 Å². The predicted molar refractivity (Wildman–Crippen MR) is 62.3 cm³/mol. The summed E-state index contributed by atoms with van der Waals surface area (Å²) in [6.07, 6.45) is 5.15. The maximum atomic E-state index is 11.1. The Morgan fingerprint density at radius 2 is 2.35 bits per heavy atom. The van der Waals surface area contributed by atoms with E-state index in [1.54, 1.807) is 10.9 Å². The molecular weight excluding hydrogens is 216 g/mol. The van der Waals surface area contributed by atoms with E-state index in [0.717, 1.165) is 23.2 Å². The minimum absolute atomic E-state index is 0.336. The van der Waals surface area contributed by atoms with Crippen molar-refractivity contribution in [3.8, 4) is 5.69 Å². The second kappa shape index (κ2) is 3.73. The van der Waals surface area contributed by atoms with Gasteiger partial charge in [-0.15, -0.1) is 0 Å². The second-order valence-corrected chi connectivity index (χ2v) is 4.26. The molecule has 0 amide bonds. The van der Waals surface area contributed by atoms with E-state index in [4.69, 9.17) is 5.11 Å². The summed E-state index contributed by atoms with van der Waals surface area (Å²) in [5.41, 5.74) is 3.07. The quantitative estimate of drug-likeness (QED) is 0.855. The van der Waals surface area contributed by atoms with Crippen LogP contribution in [0.5, 0.6) is 0 Å². The summed E-state index contributed by atoms with van der Waals surface area (Å²) in [5.74, 6) is -1.06. The molecule has 1 unspecified atom stereocenters. The first kappa shape index (κ1) is 10.1. The summed E-state index contributed by atoms with van der Waals surface area (Å²) >= 11 is 0. The summed E-state index contributed by atoms with van der Waals surface area (Å²) < 4.78 is 1.79. The van der Waals surface area contributed by atoms with Gasteiger partial charge in [0.25, 0.3) is 0 Å². The van der Waals surface area contributed by atoms with E-state index in [1.165, 1.54) is 0 Å². The van der Waals surface area contributed by atoms with Gasteiger partial charge in [-0.05, 0) is 42.2 Å². The topological polar surface area (TPSA) is 55.1 Å². The smallest absolute Gasteiger partial charge is 0.310 e. The van der Waals surface area contributed by atoms with E-state index in [9.17, 15) is 4.79 Å². The zero-order valence-electron chi connectivity index (χ0n) is 9.21. The minimum atomic E-state index is -0.726. The number of nitrogens with zero attached hydrogens (tertiary/aromatic N) is 2. The van der Waals surface area contributed by atoms with Gasteiger partial charge in [-0.3, -0.25) is 4.79 Å². The van der Waals surface area contributed by atoms with Crippen LogP contribution in [0, 0.1) is 0 Å². The van der Waals surface area contributed by atoms with Crippen molar-refractivity contribution in [2.24, 2.45) is 0 Å². The predicted octanol–water partition coefficient (Wildman–Crippen LogP) is 1.99. The minimum Gasteiger partial charge on any atom is -0.481 e. The van der Waals surface area contributed by atoms with Crippen LogP contribution in [0.4, 0.5) is 0 Å². The van der Waals surface area contributed by atoms with Crippen LogP contribution in [-0.2, 0) is 11.2 Å². The number of benzene rings is 1. The van der Waals surface area contributed by atoms with Gasteiger partial charge >= 0.3 is 5.97 Å². The molecule has 1 atom stereocenters. The average Bonchev–Trinajstić information content (AvgIpc) is 2.97. The van der Waals surface area contributed by atoms with Crippen molar-refractivity contribution >= 4 is 5.97 Å². The van der Waals surface area contributed by atoms with Crippen LogP contribution in [0.25, 0.3) is 5.69 Å². The molecular formula is C13H12N2O2. The maximum absolute atomic E-state index is 11.1. The molecule has 3 rings (SSSR count). The van der Waals surface area contributed by atoms with Crippen LogP contribution in [0.2, 0.25) is 0 Å². The van der Waals surface area contributed by atoms with E-state index in [1.807, 2.05) is 30.5 Å². The Hall–Kier alpha value is -2.10. The molecule has 4 heteroatoms. The Morgan fingerprint density at radius 3 is 3.06 bits per heavy atom. The van der Waals surface area contributed by atoms with E-state index in [2.05, 4.69) is 5.10 Å². The van der Waals surface area contributed by atoms with Gasteiger partial charge in [-0.25, -0.2) is 4.68 Å². The number of rotatable bonds is 2. The summed E-state index contributed by atoms with van der Waals surface area (Å²) in [4.78, 5) is 11.1. The van der Waals surface area contributed by atoms with Gasteiger partial charge in [0.15, 0.2) is 0 Å². The SMILES string of the molecule is O=C(O)C1CCc2cc(-n3cccn3)ccc21. The number of carboxylic acids is 1. The highest BCUT2D eigenvalue weighted by Crippen LogP contribution is 2.34. The Labute approximate surface area is 98.5 Å². The number of hydrogen-bond donors (Lipinski definition) is 1. The van der Waals surface area contributed by atoms with Crippen LogP contribution in [0.1, 0.15) is 23.5 Å². The Bertz CT molecular complexity index is 561. The number of aliphatic carboxylic acids is 1. The molecule has 0 radical (unpaired) electrons. The van der Waals surface area contributed by atoms with Crippen LogP contribution in [-0.4, -0.2) is 20.9 Å². The monoisotopic (exact) mass is 228 g/mol. The number of carbonyl (C=O) groups is 1. The van der Waals surface area contributed by atoms with Crippen LogP contribution in [0.3, 0.4) is 0 Å². The maximum Gasteiger partial charge on any atom is 0.310 e. The van der Waals surface area contributed by atoms with E-state index in [-0.39, 0.29) is 5.92 Å². The Kier molecular flexibility index (Phi) is 2.21. The average molecular weight is 228 g/mol. The summed E-state index contributed by atoms with van der Waals surface area (Å²) in [7, 11) is 0. The number of fused-ring (bicyclic) bond motifs is 1. The van der Waals surface area contributed by atoms with Crippen molar-refractivity contribution in [3.63, 3.8) is 0 Å². The molecule has 0 aliphatic heterocycles. The van der Waals surface area contributed by atoms with Crippen molar-refractivity contribution in [1.29, 1.82) is 0 Å². The molecule has 0 saturated carbocycles. The number of aromatic nitrogens is 2. The van der Waals surface area contributed by atoms with Gasteiger partial charge in [-0.1, -0.05) is 6.07 Å². The van der Waals surface area contributed by atoms with E-state index in [0.29, 0.717) is 6.42 Å². The van der Waals surface area contributed by atoms with Crippen molar-refractivity contribution < 1.29 is 9.90 Å². The van der Waals surface area contributed by atoms with Crippen LogP contribution >= 0.6 is 0 Å². The molecule has 0 bridgehead atoms.